The number of benzene rings is 1. The zero-order chi connectivity index (χ0) is 12.4. The number of fused-ring (bicyclic) bond motifs is 1. The van der Waals surface area contributed by atoms with Gasteiger partial charge in [-0.05, 0) is 36.8 Å². The summed E-state index contributed by atoms with van der Waals surface area (Å²) < 4.78 is 5.47. The van der Waals surface area contributed by atoms with Crippen molar-refractivity contribution in [2.45, 2.75) is 25.3 Å². The van der Waals surface area contributed by atoms with Gasteiger partial charge in [0.25, 0.3) is 0 Å². The van der Waals surface area contributed by atoms with Gasteiger partial charge in [0.2, 0.25) is 0 Å². The van der Waals surface area contributed by atoms with Crippen molar-refractivity contribution in [3.63, 3.8) is 0 Å². The van der Waals surface area contributed by atoms with Crippen LogP contribution in [0.1, 0.15) is 18.4 Å². The average Bonchev–Trinajstić information content (AvgIpc) is 2.85. The lowest BCUT2D eigenvalue weighted by Gasteiger charge is -2.37. The molecular formula is C15H22N2O. The summed E-state index contributed by atoms with van der Waals surface area (Å²) in [6.07, 6.45) is 3.47. The van der Waals surface area contributed by atoms with E-state index in [9.17, 15) is 0 Å². The van der Waals surface area contributed by atoms with Gasteiger partial charge in [0, 0.05) is 38.0 Å². The lowest BCUT2D eigenvalue weighted by Crippen LogP contribution is -2.46. The van der Waals surface area contributed by atoms with E-state index in [-0.39, 0.29) is 0 Å². The van der Waals surface area contributed by atoms with Gasteiger partial charge in [-0.2, -0.15) is 0 Å². The van der Waals surface area contributed by atoms with Gasteiger partial charge in [0.15, 0.2) is 0 Å². The quantitative estimate of drug-likeness (QED) is 0.884. The SMILES string of the molecule is NCC(C1CCOCC1)N1CCc2ccccc21. The Morgan fingerprint density at radius 2 is 2.06 bits per heavy atom. The lowest BCUT2D eigenvalue weighted by molar-refractivity contribution is 0.0585. The summed E-state index contributed by atoms with van der Waals surface area (Å²) in [4.78, 5) is 2.53. The number of hydrogen-bond acceptors (Lipinski definition) is 3. The van der Waals surface area contributed by atoms with Crippen LogP contribution in [0.25, 0.3) is 0 Å². The first-order valence-corrected chi connectivity index (χ1v) is 7.02. The highest BCUT2D eigenvalue weighted by molar-refractivity contribution is 5.58. The summed E-state index contributed by atoms with van der Waals surface area (Å²) in [6.45, 7) is 3.67. The molecule has 0 saturated carbocycles. The number of anilines is 1. The summed E-state index contributed by atoms with van der Waals surface area (Å²) in [7, 11) is 0. The molecule has 2 aliphatic rings. The highest BCUT2D eigenvalue weighted by Gasteiger charge is 2.31. The third kappa shape index (κ3) is 2.13. The molecule has 2 aliphatic heterocycles. The van der Waals surface area contributed by atoms with Crippen molar-refractivity contribution in [3.05, 3.63) is 29.8 Å². The van der Waals surface area contributed by atoms with Crippen molar-refractivity contribution in [3.8, 4) is 0 Å². The summed E-state index contributed by atoms with van der Waals surface area (Å²) in [5, 5.41) is 0. The molecular weight excluding hydrogens is 224 g/mol. The third-order valence-corrected chi connectivity index (χ3v) is 4.38. The Bertz CT molecular complexity index is 401. The highest BCUT2D eigenvalue weighted by Crippen LogP contribution is 2.33. The molecule has 0 bridgehead atoms. The molecule has 0 radical (unpaired) electrons. The molecule has 18 heavy (non-hydrogen) atoms. The van der Waals surface area contributed by atoms with Crippen LogP contribution in [0.5, 0.6) is 0 Å². The predicted molar refractivity (Wildman–Crippen MR) is 73.9 cm³/mol. The van der Waals surface area contributed by atoms with Crippen LogP contribution in [0, 0.1) is 5.92 Å². The summed E-state index contributed by atoms with van der Waals surface area (Å²) in [6, 6.07) is 9.23. The van der Waals surface area contributed by atoms with E-state index in [2.05, 4.69) is 29.2 Å². The van der Waals surface area contributed by atoms with Crippen LogP contribution in [0.4, 0.5) is 5.69 Å². The Balaban J connectivity index is 1.80. The minimum atomic E-state index is 0.484. The minimum Gasteiger partial charge on any atom is -0.381 e. The van der Waals surface area contributed by atoms with Crippen molar-refractivity contribution in [2.24, 2.45) is 11.7 Å². The fourth-order valence-corrected chi connectivity index (χ4v) is 3.38. The minimum absolute atomic E-state index is 0.484. The smallest absolute Gasteiger partial charge is 0.0469 e. The van der Waals surface area contributed by atoms with Crippen molar-refractivity contribution < 1.29 is 4.74 Å². The summed E-state index contributed by atoms with van der Waals surface area (Å²) >= 11 is 0. The number of ether oxygens (including phenoxy) is 1. The largest absolute Gasteiger partial charge is 0.381 e. The second-order valence-corrected chi connectivity index (χ2v) is 5.32. The molecule has 0 aromatic heterocycles. The number of nitrogens with two attached hydrogens (primary N) is 1. The van der Waals surface area contributed by atoms with Crippen LogP contribution in [-0.2, 0) is 11.2 Å². The van der Waals surface area contributed by atoms with Gasteiger partial charge in [-0.3, -0.25) is 0 Å². The molecule has 0 aliphatic carbocycles. The maximum Gasteiger partial charge on any atom is 0.0469 e. The lowest BCUT2D eigenvalue weighted by atomic mass is 9.90. The Morgan fingerprint density at radius 1 is 1.28 bits per heavy atom. The Morgan fingerprint density at radius 3 is 2.83 bits per heavy atom. The molecule has 1 saturated heterocycles. The van der Waals surface area contributed by atoms with E-state index >= 15 is 0 Å². The molecule has 0 spiro atoms. The van der Waals surface area contributed by atoms with Gasteiger partial charge in [0.05, 0.1) is 0 Å². The first-order chi connectivity index (χ1) is 8.90. The highest BCUT2D eigenvalue weighted by atomic mass is 16.5. The normalized spacial score (nSPS) is 21.9. The van der Waals surface area contributed by atoms with Crippen LogP contribution in [0.15, 0.2) is 24.3 Å². The van der Waals surface area contributed by atoms with Crippen LogP contribution in [-0.4, -0.2) is 32.3 Å². The standard InChI is InChI=1S/C15H22N2O/c16-11-15(13-6-9-18-10-7-13)17-8-5-12-3-1-2-4-14(12)17/h1-4,13,15H,5-11,16H2. The molecule has 1 aromatic carbocycles. The molecule has 98 valence electrons. The van der Waals surface area contributed by atoms with E-state index in [1.165, 1.54) is 11.3 Å². The molecule has 2 N–H and O–H groups in total. The van der Waals surface area contributed by atoms with E-state index in [1.54, 1.807) is 0 Å². The van der Waals surface area contributed by atoms with Crippen molar-refractivity contribution in [2.75, 3.05) is 31.2 Å². The fourth-order valence-electron chi connectivity index (χ4n) is 3.38. The van der Waals surface area contributed by atoms with Gasteiger partial charge < -0.3 is 15.4 Å². The van der Waals surface area contributed by atoms with Crippen molar-refractivity contribution in [1.82, 2.24) is 0 Å². The molecule has 3 rings (SSSR count). The Labute approximate surface area is 109 Å². The molecule has 1 fully saturated rings. The van der Waals surface area contributed by atoms with Gasteiger partial charge >= 0.3 is 0 Å². The average molecular weight is 246 g/mol. The Hall–Kier alpha value is -1.06. The van der Waals surface area contributed by atoms with Crippen LogP contribution in [0.2, 0.25) is 0 Å². The van der Waals surface area contributed by atoms with E-state index in [0.29, 0.717) is 12.0 Å². The maximum absolute atomic E-state index is 6.06. The van der Waals surface area contributed by atoms with Crippen LogP contribution >= 0.6 is 0 Å². The molecule has 2 heterocycles. The second-order valence-electron chi connectivity index (χ2n) is 5.32. The zero-order valence-electron chi connectivity index (χ0n) is 10.8. The van der Waals surface area contributed by atoms with Crippen molar-refractivity contribution in [1.29, 1.82) is 0 Å². The molecule has 3 heteroatoms. The molecule has 3 nitrogen and oxygen atoms in total. The molecule has 1 unspecified atom stereocenters. The number of para-hydroxylation sites is 1. The van der Waals surface area contributed by atoms with Gasteiger partial charge in [-0.25, -0.2) is 0 Å². The second kappa shape index (κ2) is 5.29. The van der Waals surface area contributed by atoms with E-state index in [1.807, 2.05) is 0 Å². The fraction of sp³-hybridized carbons (Fsp3) is 0.600. The monoisotopic (exact) mass is 246 g/mol. The van der Waals surface area contributed by atoms with Gasteiger partial charge in [-0.1, -0.05) is 18.2 Å². The molecule has 0 amide bonds. The third-order valence-electron chi connectivity index (χ3n) is 4.38. The molecule has 1 atom stereocenters. The predicted octanol–water partition coefficient (Wildman–Crippen LogP) is 1.80. The van der Waals surface area contributed by atoms with E-state index < -0.39 is 0 Å². The topological polar surface area (TPSA) is 38.5 Å². The molecule has 1 aromatic rings. The van der Waals surface area contributed by atoms with Crippen molar-refractivity contribution >= 4 is 5.69 Å². The maximum atomic E-state index is 6.06. The number of nitrogens with zero attached hydrogens (tertiary/aromatic N) is 1. The van der Waals surface area contributed by atoms with E-state index in [4.69, 9.17) is 10.5 Å². The zero-order valence-corrected chi connectivity index (χ0v) is 10.8. The summed E-state index contributed by atoms with van der Waals surface area (Å²) in [5.41, 5.74) is 8.94. The van der Waals surface area contributed by atoms with E-state index in [0.717, 1.165) is 45.6 Å². The van der Waals surface area contributed by atoms with Crippen LogP contribution < -0.4 is 10.6 Å². The van der Waals surface area contributed by atoms with Gasteiger partial charge in [0.1, 0.15) is 0 Å². The number of rotatable bonds is 3. The summed E-state index contributed by atoms with van der Waals surface area (Å²) in [5.74, 6) is 0.690. The Kier molecular flexibility index (Phi) is 3.52. The first kappa shape index (κ1) is 12.0. The number of hydrogen-bond donors (Lipinski definition) is 1. The van der Waals surface area contributed by atoms with Crippen LogP contribution in [0.3, 0.4) is 0 Å². The van der Waals surface area contributed by atoms with Gasteiger partial charge in [-0.15, -0.1) is 0 Å². The first-order valence-electron chi connectivity index (χ1n) is 7.02.